The number of allylic oxidation sites excluding steroid dienone is 1. The Bertz CT molecular complexity index is 541. The molecule has 0 amide bonds. The first-order valence-corrected chi connectivity index (χ1v) is 6.22. The lowest BCUT2D eigenvalue weighted by Gasteiger charge is -2.30. The maximum absolute atomic E-state index is 11.9. The van der Waals surface area contributed by atoms with Crippen molar-refractivity contribution >= 4 is 5.57 Å². The first kappa shape index (κ1) is 11.6. The van der Waals surface area contributed by atoms with Gasteiger partial charge in [-0.1, -0.05) is 6.08 Å². The van der Waals surface area contributed by atoms with E-state index in [4.69, 9.17) is 9.47 Å². The van der Waals surface area contributed by atoms with Crippen molar-refractivity contribution in [1.29, 1.82) is 0 Å². The van der Waals surface area contributed by atoms with Crippen LogP contribution in [0.1, 0.15) is 30.7 Å². The van der Waals surface area contributed by atoms with E-state index in [9.17, 15) is 4.79 Å². The van der Waals surface area contributed by atoms with Crippen LogP contribution in [0, 0.1) is 6.92 Å². The molecule has 1 aliphatic carbocycles. The van der Waals surface area contributed by atoms with Crippen molar-refractivity contribution in [2.45, 2.75) is 32.0 Å². The van der Waals surface area contributed by atoms with E-state index in [1.807, 2.05) is 6.08 Å². The van der Waals surface area contributed by atoms with Gasteiger partial charge in [0.1, 0.15) is 5.82 Å². The summed E-state index contributed by atoms with van der Waals surface area (Å²) in [5.74, 6) is 0.202. The van der Waals surface area contributed by atoms with Crippen LogP contribution in [0.3, 0.4) is 0 Å². The molecule has 5 nitrogen and oxygen atoms in total. The van der Waals surface area contributed by atoms with E-state index in [2.05, 4.69) is 9.97 Å². The molecule has 0 unspecified atom stereocenters. The van der Waals surface area contributed by atoms with Crippen LogP contribution >= 0.6 is 0 Å². The summed E-state index contributed by atoms with van der Waals surface area (Å²) in [5, 5.41) is 0. The number of aromatic nitrogens is 2. The van der Waals surface area contributed by atoms with E-state index in [1.54, 1.807) is 13.1 Å². The van der Waals surface area contributed by atoms with Crippen LogP contribution in [0.4, 0.5) is 0 Å². The van der Waals surface area contributed by atoms with Crippen LogP contribution in [0.15, 0.2) is 17.1 Å². The minimum atomic E-state index is -0.436. The lowest BCUT2D eigenvalue weighted by molar-refractivity contribution is -0.159. The summed E-state index contributed by atoms with van der Waals surface area (Å²) in [4.78, 5) is 18.7. The summed E-state index contributed by atoms with van der Waals surface area (Å²) in [6.45, 7) is 3.10. The fourth-order valence-corrected chi connectivity index (χ4v) is 2.52. The molecule has 1 aromatic rings. The zero-order valence-corrected chi connectivity index (χ0v) is 10.4. The topological polar surface area (TPSA) is 64.2 Å². The molecule has 0 saturated carbocycles. The second kappa shape index (κ2) is 4.33. The Morgan fingerprint density at radius 3 is 2.78 bits per heavy atom. The smallest absolute Gasteiger partial charge is 0.258 e. The predicted octanol–water partition coefficient (Wildman–Crippen LogP) is 1.39. The molecule has 0 aromatic carbocycles. The van der Waals surface area contributed by atoms with E-state index < -0.39 is 5.79 Å². The predicted molar refractivity (Wildman–Crippen MR) is 66.1 cm³/mol. The lowest BCUT2D eigenvalue weighted by atomic mass is 9.91. The van der Waals surface area contributed by atoms with Gasteiger partial charge in [0, 0.05) is 19.0 Å². The van der Waals surface area contributed by atoms with Crippen LogP contribution in [-0.2, 0) is 9.47 Å². The average Bonchev–Trinajstić information content (AvgIpc) is 2.80. The highest BCUT2D eigenvalue weighted by Gasteiger charge is 2.37. The Labute approximate surface area is 105 Å². The fraction of sp³-hybridized carbons (Fsp3) is 0.538. The zero-order valence-electron chi connectivity index (χ0n) is 10.4. The van der Waals surface area contributed by atoms with Gasteiger partial charge in [-0.05, 0) is 18.9 Å². The van der Waals surface area contributed by atoms with Crippen molar-refractivity contribution in [2.24, 2.45) is 0 Å². The number of hydrogen-bond donors (Lipinski definition) is 1. The van der Waals surface area contributed by atoms with Crippen LogP contribution in [0.5, 0.6) is 0 Å². The van der Waals surface area contributed by atoms with Gasteiger partial charge in [0.25, 0.3) is 5.56 Å². The van der Waals surface area contributed by atoms with Crippen LogP contribution < -0.4 is 5.56 Å². The zero-order chi connectivity index (χ0) is 12.6. The summed E-state index contributed by atoms with van der Waals surface area (Å²) in [5.41, 5.74) is 1.62. The molecule has 96 valence electrons. The maximum Gasteiger partial charge on any atom is 0.258 e. The van der Waals surface area contributed by atoms with Gasteiger partial charge in [-0.15, -0.1) is 0 Å². The summed E-state index contributed by atoms with van der Waals surface area (Å²) < 4.78 is 11.3. The van der Waals surface area contributed by atoms with Crippen molar-refractivity contribution in [3.8, 4) is 0 Å². The number of nitrogens with one attached hydrogen (secondary N) is 1. The largest absolute Gasteiger partial charge is 0.347 e. The SMILES string of the molecule is Cc1ncc(C2=CCC3(CC2)OCCO3)c(=O)[nH]1. The van der Waals surface area contributed by atoms with Gasteiger partial charge < -0.3 is 14.5 Å². The van der Waals surface area contributed by atoms with Gasteiger partial charge in [0.2, 0.25) is 0 Å². The molecule has 5 heteroatoms. The monoisotopic (exact) mass is 248 g/mol. The number of ether oxygens (including phenoxy) is 2. The number of aryl methyl sites for hydroxylation is 1. The highest BCUT2D eigenvalue weighted by Crippen LogP contribution is 2.37. The van der Waals surface area contributed by atoms with E-state index in [0.29, 0.717) is 31.0 Å². The van der Waals surface area contributed by atoms with Gasteiger partial charge in [-0.25, -0.2) is 4.98 Å². The third kappa shape index (κ3) is 2.00. The van der Waals surface area contributed by atoms with Crippen molar-refractivity contribution in [3.05, 3.63) is 34.0 Å². The van der Waals surface area contributed by atoms with Gasteiger partial charge in [-0.3, -0.25) is 4.79 Å². The molecule has 1 fully saturated rings. The second-order valence-corrected chi connectivity index (χ2v) is 4.75. The van der Waals surface area contributed by atoms with Crippen molar-refractivity contribution in [3.63, 3.8) is 0 Å². The number of rotatable bonds is 1. The number of nitrogens with zero attached hydrogens (tertiary/aromatic N) is 1. The van der Waals surface area contributed by atoms with Gasteiger partial charge in [0.05, 0.1) is 18.8 Å². The maximum atomic E-state index is 11.9. The fourth-order valence-electron chi connectivity index (χ4n) is 2.52. The summed E-state index contributed by atoms with van der Waals surface area (Å²) >= 11 is 0. The highest BCUT2D eigenvalue weighted by molar-refractivity contribution is 5.65. The van der Waals surface area contributed by atoms with Gasteiger partial charge in [0.15, 0.2) is 5.79 Å². The minimum Gasteiger partial charge on any atom is -0.347 e. The van der Waals surface area contributed by atoms with E-state index in [0.717, 1.165) is 18.4 Å². The normalized spacial score (nSPS) is 22.2. The molecular formula is C13H16N2O3. The molecule has 2 heterocycles. The van der Waals surface area contributed by atoms with Gasteiger partial charge in [-0.2, -0.15) is 0 Å². The molecule has 0 atom stereocenters. The van der Waals surface area contributed by atoms with E-state index in [1.165, 1.54) is 0 Å². The van der Waals surface area contributed by atoms with Crippen LogP contribution in [0.2, 0.25) is 0 Å². The molecule has 1 aliphatic heterocycles. The molecule has 1 spiro atoms. The molecule has 1 aromatic heterocycles. The molecular weight excluding hydrogens is 232 g/mol. The Hall–Kier alpha value is -1.46. The standard InChI is InChI=1S/C13H16N2O3/c1-9-14-8-11(12(16)15-9)10-2-4-13(5-3-10)17-6-7-18-13/h2,8H,3-7H2,1H3,(H,14,15,16). The van der Waals surface area contributed by atoms with E-state index >= 15 is 0 Å². The quantitative estimate of drug-likeness (QED) is 0.815. The molecule has 18 heavy (non-hydrogen) atoms. The van der Waals surface area contributed by atoms with Crippen LogP contribution in [-0.4, -0.2) is 29.0 Å². The third-order valence-electron chi connectivity index (χ3n) is 3.52. The Balaban J connectivity index is 1.86. The Kier molecular flexibility index (Phi) is 2.80. The third-order valence-corrected chi connectivity index (χ3v) is 3.52. The average molecular weight is 248 g/mol. The summed E-state index contributed by atoms with van der Waals surface area (Å²) in [6, 6.07) is 0. The first-order valence-electron chi connectivity index (χ1n) is 6.22. The molecule has 2 aliphatic rings. The second-order valence-electron chi connectivity index (χ2n) is 4.75. The molecule has 3 rings (SSSR count). The highest BCUT2D eigenvalue weighted by atomic mass is 16.7. The summed E-state index contributed by atoms with van der Waals surface area (Å²) in [7, 11) is 0. The Morgan fingerprint density at radius 2 is 2.17 bits per heavy atom. The molecule has 1 saturated heterocycles. The minimum absolute atomic E-state index is 0.0713. The van der Waals surface area contributed by atoms with Crippen LogP contribution in [0.25, 0.3) is 5.57 Å². The molecule has 1 N–H and O–H groups in total. The van der Waals surface area contributed by atoms with Crippen molar-refractivity contribution in [1.82, 2.24) is 9.97 Å². The lowest BCUT2D eigenvalue weighted by Crippen LogP contribution is -2.32. The van der Waals surface area contributed by atoms with E-state index in [-0.39, 0.29) is 5.56 Å². The molecule has 0 bridgehead atoms. The molecule has 0 radical (unpaired) electrons. The first-order chi connectivity index (χ1) is 8.69. The van der Waals surface area contributed by atoms with Gasteiger partial charge >= 0.3 is 0 Å². The van der Waals surface area contributed by atoms with Crippen molar-refractivity contribution in [2.75, 3.05) is 13.2 Å². The number of H-pyrrole nitrogens is 1. The number of hydrogen-bond acceptors (Lipinski definition) is 4. The van der Waals surface area contributed by atoms with Crippen molar-refractivity contribution < 1.29 is 9.47 Å². The number of aromatic amines is 1. The Morgan fingerprint density at radius 1 is 1.39 bits per heavy atom. The summed E-state index contributed by atoms with van der Waals surface area (Å²) in [6.07, 6.45) is 5.97.